The van der Waals surface area contributed by atoms with Gasteiger partial charge in [0.1, 0.15) is 5.82 Å². The molecule has 0 unspecified atom stereocenters. The van der Waals surface area contributed by atoms with Gasteiger partial charge in [0.25, 0.3) is 5.56 Å². The van der Waals surface area contributed by atoms with Gasteiger partial charge in [-0.2, -0.15) is 0 Å². The van der Waals surface area contributed by atoms with Crippen molar-refractivity contribution >= 4 is 16.8 Å². The van der Waals surface area contributed by atoms with E-state index in [2.05, 4.69) is 22.1 Å². The molecule has 5 nitrogen and oxygen atoms in total. The number of H-pyrrole nitrogens is 1. The number of carbonyl (C=O) groups is 1. The van der Waals surface area contributed by atoms with Crippen molar-refractivity contribution in [2.75, 3.05) is 7.05 Å². The van der Waals surface area contributed by atoms with Crippen molar-refractivity contribution in [3.8, 4) is 11.1 Å². The first-order valence-corrected chi connectivity index (χ1v) is 9.46. The van der Waals surface area contributed by atoms with E-state index in [0.717, 1.165) is 16.7 Å². The van der Waals surface area contributed by atoms with Gasteiger partial charge in [-0.3, -0.25) is 9.59 Å². The summed E-state index contributed by atoms with van der Waals surface area (Å²) in [4.78, 5) is 33.6. The Morgan fingerprint density at radius 2 is 1.55 bits per heavy atom. The third-order valence-corrected chi connectivity index (χ3v) is 4.89. The molecule has 0 aliphatic rings. The molecule has 4 aromatic rings. The number of aromatic amines is 1. The molecule has 4 rings (SSSR count). The lowest BCUT2D eigenvalue weighted by molar-refractivity contribution is -0.129. The maximum atomic E-state index is 12.6. The number of nitrogens with one attached hydrogen (secondary N) is 1. The van der Waals surface area contributed by atoms with Gasteiger partial charge in [0.05, 0.1) is 23.9 Å². The predicted octanol–water partition coefficient (Wildman–Crippen LogP) is 3.79. The summed E-state index contributed by atoms with van der Waals surface area (Å²) in [5, 5.41) is 0.545. The summed E-state index contributed by atoms with van der Waals surface area (Å²) in [5.74, 6) is 0.442. The zero-order valence-corrected chi connectivity index (χ0v) is 16.1. The van der Waals surface area contributed by atoms with Gasteiger partial charge >= 0.3 is 0 Å². The van der Waals surface area contributed by atoms with Gasteiger partial charge in [0, 0.05) is 7.05 Å². The van der Waals surface area contributed by atoms with E-state index in [1.54, 1.807) is 30.1 Å². The van der Waals surface area contributed by atoms with Gasteiger partial charge < -0.3 is 9.88 Å². The number of aromatic nitrogens is 2. The van der Waals surface area contributed by atoms with Crippen molar-refractivity contribution in [2.24, 2.45) is 0 Å². The summed E-state index contributed by atoms with van der Waals surface area (Å²) in [6.07, 6.45) is 0.295. The summed E-state index contributed by atoms with van der Waals surface area (Å²) >= 11 is 0. The van der Waals surface area contributed by atoms with Crippen molar-refractivity contribution in [3.63, 3.8) is 0 Å². The molecular formula is C24H21N3O2. The molecule has 0 fully saturated rings. The van der Waals surface area contributed by atoms with Crippen molar-refractivity contribution in [2.45, 2.75) is 13.0 Å². The highest BCUT2D eigenvalue weighted by Gasteiger charge is 2.13. The fraction of sp³-hybridized carbons (Fsp3) is 0.125. The van der Waals surface area contributed by atoms with Crippen LogP contribution in [0.3, 0.4) is 0 Å². The van der Waals surface area contributed by atoms with Crippen LogP contribution in [0.2, 0.25) is 0 Å². The smallest absolute Gasteiger partial charge is 0.258 e. The summed E-state index contributed by atoms with van der Waals surface area (Å²) < 4.78 is 0. The van der Waals surface area contributed by atoms with Crippen LogP contribution in [0.4, 0.5) is 0 Å². The molecule has 1 N–H and O–H groups in total. The highest BCUT2D eigenvalue weighted by Crippen LogP contribution is 2.19. The Morgan fingerprint density at radius 1 is 0.897 bits per heavy atom. The van der Waals surface area contributed by atoms with Crippen molar-refractivity contribution in [1.82, 2.24) is 14.9 Å². The van der Waals surface area contributed by atoms with Crippen LogP contribution in [0.1, 0.15) is 11.4 Å². The Hall–Kier alpha value is -3.73. The van der Waals surface area contributed by atoms with Crippen LogP contribution >= 0.6 is 0 Å². The minimum Gasteiger partial charge on any atom is -0.338 e. The third-order valence-electron chi connectivity index (χ3n) is 4.89. The number of likely N-dealkylation sites (N-methyl/N-ethyl adjacent to an activating group) is 1. The number of rotatable bonds is 5. The summed E-state index contributed by atoms with van der Waals surface area (Å²) in [6.45, 7) is 0.251. The van der Waals surface area contributed by atoms with Gasteiger partial charge in [-0.1, -0.05) is 66.7 Å². The zero-order valence-electron chi connectivity index (χ0n) is 16.1. The number of para-hydroxylation sites is 1. The van der Waals surface area contributed by atoms with Gasteiger partial charge in [-0.25, -0.2) is 4.98 Å². The maximum absolute atomic E-state index is 12.6. The average Bonchev–Trinajstić information content (AvgIpc) is 2.75. The maximum Gasteiger partial charge on any atom is 0.258 e. The van der Waals surface area contributed by atoms with Crippen LogP contribution < -0.4 is 5.56 Å². The molecule has 0 saturated heterocycles. The van der Waals surface area contributed by atoms with Gasteiger partial charge in [-0.15, -0.1) is 0 Å². The summed E-state index contributed by atoms with van der Waals surface area (Å²) in [6, 6.07) is 25.3. The molecule has 144 valence electrons. The van der Waals surface area contributed by atoms with Crippen LogP contribution in [0.25, 0.3) is 22.0 Å². The predicted molar refractivity (Wildman–Crippen MR) is 114 cm³/mol. The second-order valence-corrected chi connectivity index (χ2v) is 7.02. The number of fused-ring (bicyclic) bond motifs is 1. The lowest BCUT2D eigenvalue weighted by Crippen LogP contribution is -2.29. The third kappa shape index (κ3) is 4.24. The molecule has 0 aliphatic carbocycles. The Balaban J connectivity index is 1.44. The fourth-order valence-electron chi connectivity index (χ4n) is 3.28. The number of amides is 1. The van der Waals surface area contributed by atoms with E-state index in [4.69, 9.17) is 0 Å². The number of carbonyl (C=O) groups excluding carboxylic acids is 1. The molecule has 1 aromatic heterocycles. The first-order chi connectivity index (χ1) is 14.1. The Morgan fingerprint density at radius 3 is 2.31 bits per heavy atom. The number of hydrogen-bond acceptors (Lipinski definition) is 3. The van der Waals surface area contributed by atoms with Gasteiger partial charge in [0.15, 0.2) is 0 Å². The van der Waals surface area contributed by atoms with E-state index in [9.17, 15) is 9.59 Å². The fourth-order valence-corrected chi connectivity index (χ4v) is 3.28. The van der Waals surface area contributed by atoms with E-state index in [-0.39, 0.29) is 18.0 Å². The summed E-state index contributed by atoms with van der Waals surface area (Å²) in [5.41, 5.74) is 3.65. The molecule has 1 heterocycles. The van der Waals surface area contributed by atoms with E-state index in [1.165, 1.54) is 0 Å². The Kier molecular flexibility index (Phi) is 5.20. The number of nitrogens with zero attached hydrogens (tertiary/aromatic N) is 2. The first kappa shape index (κ1) is 18.6. The van der Waals surface area contributed by atoms with E-state index >= 15 is 0 Å². The Labute approximate surface area is 168 Å². The van der Waals surface area contributed by atoms with Crippen LogP contribution in [-0.2, 0) is 17.8 Å². The van der Waals surface area contributed by atoms with Gasteiger partial charge in [0.2, 0.25) is 5.91 Å². The largest absolute Gasteiger partial charge is 0.338 e. The minimum atomic E-state index is -0.192. The molecule has 0 aliphatic heterocycles. The first-order valence-electron chi connectivity index (χ1n) is 9.46. The van der Waals surface area contributed by atoms with Crippen LogP contribution in [0.15, 0.2) is 83.7 Å². The monoisotopic (exact) mass is 383 g/mol. The molecule has 0 spiro atoms. The molecule has 29 heavy (non-hydrogen) atoms. The minimum absolute atomic E-state index is 0.0340. The molecule has 0 bridgehead atoms. The molecule has 3 aromatic carbocycles. The number of benzene rings is 3. The van der Waals surface area contributed by atoms with Crippen LogP contribution in [0, 0.1) is 0 Å². The summed E-state index contributed by atoms with van der Waals surface area (Å²) in [7, 11) is 1.72. The highest BCUT2D eigenvalue weighted by atomic mass is 16.2. The normalized spacial score (nSPS) is 10.8. The lowest BCUT2D eigenvalue weighted by atomic mass is 10.0. The molecule has 0 atom stereocenters. The van der Waals surface area contributed by atoms with Crippen LogP contribution in [0.5, 0.6) is 0 Å². The highest BCUT2D eigenvalue weighted by molar-refractivity contribution is 5.79. The van der Waals surface area contributed by atoms with Crippen molar-refractivity contribution < 1.29 is 4.79 Å². The standard InChI is InChI=1S/C24H21N3O2/c1-27(16-22-25-21-10-6-5-9-20(21)24(29)26-22)23(28)15-17-11-13-19(14-12-17)18-7-3-2-4-8-18/h2-14H,15-16H2,1H3,(H,25,26,29). The molecule has 0 radical (unpaired) electrons. The van der Waals surface area contributed by atoms with Crippen LogP contribution in [-0.4, -0.2) is 27.8 Å². The SMILES string of the molecule is CN(Cc1nc2ccccc2c(=O)[nH]1)C(=O)Cc1ccc(-c2ccccc2)cc1. The molecular weight excluding hydrogens is 362 g/mol. The van der Waals surface area contributed by atoms with Crippen molar-refractivity contribution in [1.29, 1.82) is 0 Å². The average molecular weight is 383 g/mol. The molecule has 1 amide bonds. The molecule has 5 heteroatoms. The second kappa shape index (κ2) is 8.10. The van der Waals surface area contributed by atoms with E-state index in [1.807, 2.05) is 48.5 Å². The second-order valence-electron chi connectivity index (χ2n) is 7.02. The van der Waals surface area contributed by atoms with Crippen molar-refractivity contribution in [3.05, 3.63) is 101 Å². The lowest BCUT2D eigenvalue weighted by Gasteiger charge is -2.17. The van der Waals surface area contributed by atoms with Gasteiger partial charge in [-0.05, 0) is 28.8 Å². The topological polar surface area (TPSA) is 66.1 Å². The quantitative estimate of drug-likeness (QED) is 0.570. The molecule has 0 saturated carbocycles. The van der Waals surface area contributed by atoms with E-state index in [0.29, 0.717) is 23.1 Å². The van der Waals surface area contributed by atoms with E-state index < -0.39 is 0 Å². The Bertz CT molecular complexity index is 1200. The zero-order chi connectivity index (χ0) is 20.2. The number of hydrogen-bond donors (Lipinski definition) is 1.